The van der Waals surface area contributed by atoms with Crippen molar-refractivity contribution in [1.82, 2.24) is 20.1 Å². The molecular weight excluding hydrogens is 416 g/mol. The van der Waals surface area contributed by atoms with Crippen molar-refractivity contribution < 1.29 is 9.59 Å². The molecular formula is C26H32N4O3. The molecule has 3 aliphatic heterocycles. The average molecular weight is 449 g/mol. The van der Waals surface area contributed by atoms with Crippen molar-refractivity contribution in [2.75, 3.05) is 13.1 Å². The standard InChI is InChI=1S/C26H32N4O3/c1-17-7-9-18(10-8-17)13-28-26(33)24-21-12-20(22-5-2-6-23(31)30(22)24)15-29(16-21)14-19-4-3-11-27-25(19)32/h3-4,7-11,20-22,24H,2,5-6,12-16H2,1H3,(H,27,32)(H,28,33)/t20-,21+,22-,24+/m0/s1. The summed E-state index contributed by atoms with van der Waals surface area (Å²) >= 11 is 0. The summed E-state index contributed by atoms with van der Waals surface area (Å²) < 4.78 is 0. The lowest BCUT2D eigenvalue weighted by molar-refractivity contribution is -0.160. The average Bonchev–Trinajstić information content (AvgIpc) is 2.81. The molecule has 7 nitrogen and oxygen atoms in total. The lowest BCUT2D eigenvalue weighted by Gasteiger charge is -2.55. The second-order valence-electron chi connectivity index (χ2n) is 9.88. The van der Waals surface area contributed by atoms with Crippen LogP contribution in [0.25, 0.3) is 0 Å². The van der Waals surface area contributed by atoms with Gasteiger partial charge in [-0.15, -0.1) is 0 Å². The second-order valence-corrected chi connectivity index (χ2v) is 9.88. The van der Waals surface area contributed by atoms with Crippen molar-refractivity contribution in [3.05, 3.63) is 69.6 Å². The van der Waals surface area contributed by atoms with Gasteiger partial charge >= 0.3 is 0 Å². The molecule has 1 aromatic carbocycles. The molecule has 174 valence electrons. The van der Waals surface area contributed by atoms with Crippen molar-refractivity contribution >= 4 is 11.8 Å². The van der Waals surface area contributed by atoms with Crippen LogP contribution in [0.1, 0.15) is 42.4 Å². The number of amides is 2. The van der Waals surface area contributed by atoms with Gasteiger partial charge in [-0.25, -0.2) is 0 Å². The Hall–Kier alpha value is -2.93. The minimum absolute atomic E-state index is 0.0568. The molecule has 2 aromatic rings. The first kappa shape index (κ1) is 21.9. The van der Waals surface area contributed by atoms with Crippen LogP contribution >= 0.6 is 0 Å². The topological polar surface area (TPSA) is 85.5 Å². The summed E-state index contributed by atoms with van der Waals surface area (Å²) in [5.74, 6) is 0.475. The fourth-order valence-electron chi connectivity index (χ4n) is 6.04. The number of carbonyl (C=O) groups excluding carboxylic acids is 2. The Morgan fingerprint density at radius 3 is 2.70 bits per heavy atom. The first-order valence-electron chi connectivity index (χ1n) is 12.0. The van der Waals surface area contributed by atoms with Gasteiger partial charge in [0.15, 0.2) is 0 Å². The molecule has 5 rings (SSSR count). The van der Waals surface area contributed by atoms with Crippen molar-refractivity contribution in [3.8, 4) is 0 Å². The van der Waals surface area contributed by atoms with Gasteiger partial charge in [0.25, 0.3) is 5.56 Å². The number of aromatic amines is 1. The maximum Gasteiger partial charge on any atom is 0.252 e. The van der Waals surface area contributed by atoms with Crippen LogP contribution in [0.5, 0.6) is 0 Å². The van der Waals surface area contributed by atoms with Crippen LogP contribution in [-0.2, 0) is 22.7 Å². The van der Waals surface area contributed by atoms with Gasteiger partial charge in [0.05, 0.1) is 0 Å². The smallest absolute Gasteiger partial charge is 0.252 e. The van der Waals surface area contributed by atoms with Gasteiger partial charge < -0.3 is 15.2 Å². The molecule has 2 N–H and O–H groups in total. The van der Waals surface area contributed by atoms with E-state index in [4.69, 9.17) is 0 Å². The zero-order chi connectivity index (χ0) is 22.9. The van der Waals surface area contributed by atoms with E-state index in [-0.39, 0.29) is 29.3 Å². The fraction of sp³-hybridized carbons (Fsp3) is 0.500. The maximum atomic E-state index is 13.5. The molecule has 4 heterocycles. The molecule has 3 aliphatic rings. The number of nitrogens with zero attached hydrogens (tertiary/aromatic N) is 2. The van der Waals surface area contributed by atoms with Crippen LogP contribution < -0.4 is 10.9 Å². The van der Waals surface area contributed by atoms with Crippen LogP contribution in [0.4, 0.5) is 0 Å². The molecule has 0 saturated carbocycles. The maximum absolute atomic E-state index is 13.5. The summed E-state index contributed by atoms with van der Waals surface area (Å²) in [5, 5.41) is 3.11. The normalized spacial score (nSPS) is 27.2. The van der Waals surface area contributed by atoms with Gasteiger partial charge in [0, 0.05) is 56.3 Å². The molecule has 0 aliphatic carbocycles. The summed E-state index contributed by atoms with van der Waals surface area (Å²) in [5.41, 5.74) is 2.92. The van der Waals surface area contributed by atoms with Crippen LogP contribution in [0, 0.1) is 18.8 Å². The predicted molar refractivity (Wildman–Crippen MR) is 125 cm³/mol. The SMILES string of the molecule is Cc1ccc(CNC(=O)[C@H]2[C@@H]3C[C@@H](CN(Cc4ccc[nH]c4=O)C3)[C@@H]3CCCC(=O)N32)cc1. The molecule has 3 fully saturated rings. The summed E-state index contributed by atoms with van der Waals surface area (Å²) in [7, 11) is 0. The Morgan fingerprint density at radius 2 is 1.91 bits per heavy atom. The number of benzene rings is 1. The van der Waals surface area contributed by atoms with E-state index in [1.54, 1.807) is 6.20 Å². The third-order valence-corrected chi connectivity index (χ3v) is 7.57. The van der Waals surface area contributed by atoms with Crippen LogP contribution in [0.3, 0.4) is 0 Å². The molecule has 0 radical (unpaired) electrons. The lowest BCUT2D eigenvalue weighted by Crippen LogP contribution is -2.68. The molecule has 2 amide bonds. The predicted octanol–water partition coefficient (Wildman–Crippen LogP) is 2.20. The van der Waals surface area contributed by atoms with Gasteiger partial charge in [0.1, 0.15) is 6.04 Å². The summed E-state index contributed by atoms with van der Waals surface area (Å²) in [4.78, 5) is 45.7. The highest BCUT2D eigenvalue weighted by Gasteiger charge is 2.51. The van der Waals surface area contributed by atoms with E-state index < -0.39 is 6.04 Å². The van der Waals surface area contributed by atoms with E-state index in [0.717, 1.165) is 36.9 Å². The van der Waals surface area contributed by atoms with Crippen molar-refractivity contribution in [3.63, 3.8) is 0 Å². The summed E-state index contributed by atoms with van der Waals surface area (Å²) in [6, 6.07) is 11.5. The van der Waals surface area contributed by atoms with Crippen LogP contribution in [-0.4, -0.2) is 51.8 Å². The van der Waals surface area contributed by atoms with Crippen molar-refractivity contribution in [2.45, 2.75) is 57.8 Å². The molecule has 0 unspecified atom stereocenters. The number of rotatable bonds is 5. The Kier molecular flexibility index (Phi) is 6.06. The Labute approximate surface area is 194 Å². The minimum Gasteiger partial charge on any atom is -0.350 e. The third-order valence-electron chi connectivity index (χ3n) is 7.57. The Morgan fingerprint density at radius 1 is 1.12 bits per heavy atom. The molecule has 1 aromatic heterocycles. The van der Waals surface area contributed by atoms with E-state index in [1.807, 2.05) is 48.2 Å². The number of aromatic nitrogens is 1. The largest absolute Gasteiger partial charge is 0.350 e. The number of piperidine rings is 3. The number of H-pyrrole nitrogens is 1. The van der Waals surface area contributed by atoms with Gasteiger partial charge in [-0.2, -0.15) is 0 Å². The van der Waals surface area contributed by atoms with Gasteiger partial charge in [0.2, 0.25) is 11.8 Å². The zero-order valence-electron chi connectivity index (χ0n) is 19.1. The number of hydrogen-bond donors (Lipinski definition) is 2. The van der Waals surface area contributed by atoms with Crippen LogP contribution in [0.2, 0.25) is 0 Å². The first-order valence-corrected chi connectivity index (χ1v) is 12.0. The van der Waals surface area contributed by atoms with E-state index >= 15 is 0 Å². The number of hydrogen-bond acceptors (Lipinski definition) is 4. The number of nitrogens with one attached hydrogen (secondary N) is 2. The quantitative estimate of drug-likeness (QED) is 0.734. The minimum atomic E-state index is -0.443. The van der Waals surface area contributed by atoms with Gasteiger partial charge in [-0.1, -0.05) is 35.9 Å². The molecule has 3 saturated heterocycles. The van der Waals surface area contributed by atoms with E-state index in [9.17, 15) is 14.4 Å². The highest BCUT2D eigenvalue weighted by atomic mass is 16.2. The zero-order valence-corrected chi connectivity index (χ0v) is 19.1. The van der Waals surface area contributed by atoms with E-state index in [0.29, 0.717) is 32.0 Å². The molecule has 33 heavy (non-hydrogen) atoms. The highest BCUT2D eigenvalue weighted by Crippen LogP contribution is 2.42. The molecule has 0 spiro atoms. The fourth-order valence-corrected chi connectivity index (χ4v) is 6.04. The third kappa shape index (κ3) is 4.47. The second kappa shape index (κ2) is 9.14. The Balaban J connectivity index is 1.36. The van der Waals surface area contributed by atoms with Gasteiger partial charge in [-0.3, -0.25) is 19.3 Å². The van der Waals surface area contributed by atoms with Crippen LogP contribution in [0.15, 0.2) is 47.4 Å². The molecule has 2 bridgehead atoms. The Bertz CT molecular complexity index is 1080. The molecule has 7 heteroatoms. The van der Waals surface area contributed by atoms with E-state index in [2.05, 4.69) is 15.2 Å². The number of pyridine rings is 1. The van der Waals surface area contributed by atoms with Crippen molar-refractivity contribution in [2.24, 2.45) is 11.8 Å². The number of aryl methyl sites for hydroxylation is 1. The number of fused-ring (bicyclic) bond motifs is 4. The first-order chi connectivity index (χ1) is 16.0. The summed E-state index contributed by atoms with van der Waals surface area (Å²) in [6.45, 7) is 4.64. The monoisotopic (exact) mass is 448 g/mol. The number of likely N-dealkylation sites (tertiary alicyclic amines) is 1. The van der Waals surface area contributed by atoms with E-state index in [1.165, 1.54) is 5.56 Å². The molecule has 4 atom stereocenters. The lowest BCUT2D eigenvalue weighted by atomic mass is 9.71. The van der Waals surface area contributed by atoms with Gasteiger partial charge in [-0.05, 0) is 43.7 Å². The van der Waals surface area contributed by atoms with Crippen molar-refractivity contribution in [1.29, 1.82) is 0 Å². The number of carbonyl (C=O) groups is 2. The summed E-state index contributed by atoms with van der Waals surface area (Å²) in [6.07, 6.45) is 4.97. The highest BCUT2D eigenvalue weighted by molar-refractivity contribution is 5.89.